The first-order valence-corrected chi connectivity index (χ1v) is 8.55. The number of nitrogens with zero attached hydrogens (tertiary/aromatic N) is 1. The molecule has 1 aromatic carbocycles. The first kappa shape index (κ1) is 14.5. The van der Waals surface area contributed by atoms with Gasteiger partial charge in [0.2, 0.25) is 6.79 Å². The van der Waals surface area contributed by atoms with Gasteiger partial charge in [0.15, 0.2) is 11.5 Å². The lowest BCUT2D eigenvalue weighted by atomic mass is 9.70. The van der Waals surface area contributed by atoms with Crippen LogP contribution in [0.1, 0.15) is 55.3 Å². The van der Waals surface area contributed by atoms with Crippen LogP contribution in [0.3, 0.4) is 0 Å². The molecule has 1 heterocycles. The van der Waals surface area contributed by atoms with Crippen LogP contribution in [0.25, 0.3) is 0 Å². The van der Waals surface area contributed by atoms with Gasteiger partial charge in [-0.1, -0.05) is 19.3 Å². The van der Waals surface area contributed by atoms with Crippen molar-refractivity contribution in [2.24, 2.45) is 16.9 Å². The summed E-state index contributed by atoms with van der Waals surface area (Å²) in [5, 5.41) is 4.39. The van der Waals surface area contributed by atoms with E-state index in [1.54, 1.807) is 18.2 Å². The van der Waals surface area contributed by atoms with Gasteiger partial charge in [0, 0.05) is 11.3 Å². The van der Waals surface area contributed by atoms with E-state index in [-0.39, 0.29) is 12.7 Å². The summed E-state index contributed by atoms with van der Waals surface area (Å²) in [6.07, 6.45) is 8.71. The minimum atomic E-state index is -0.193. The third-order valence-corrected chi connectivity index (χ3v) is 5.32. The van der Waals surface area contributed by atoms with Crippen LogP contribution in [0, 0.1) is 11.8 Å². The molecule has 2 aliphatic carbocycles. The zero-order chi connectivity index (χ0) is 15.6. The molecule has 23 heavy (non-hydrogen) atoms. The van der Waals surface area contributed by atoms with Crippen molar-refractivity contribution >= 4 is 11.6 Å². The van der Waals surface area contributed by atoms with Crippen molar-refractivity contribution in [3.63, 3.8) is 0 Å². The van der Waals surface area contributed by atoms with Crippen LogP contribution in [0.4, 0.5) is 0 Å². The lowest BCUT2D eigenvalue weighted by Gasteiger charge is -2.35. The maximum absolute atomic E-state index is 12.3. The topological polar surface area (TPSA) is 59.9 Å². The van der Waals surface area contributed by atoms with E-state index in [0.717, 1.165) is 30.4 Å². The van der Waals surface area contributed by atoms with Crippen molar-refractivity contribution in [1.29, 1.82) is 0 Å². The maximum Gasteiger partial charge on any atom is 0.271 e. The lowest BCUT2D eigenvalue weighted by molar-refractivity contribution is 0.0953. The molecule has 0 saturated heterocycles. The van der Waals surface area contributed by atoms with Gasteiger partial charge in [-0.25, -0.2) is 5.43 Å². The SMILES string of the molecule is O=C(N/N=C1\CC[C@H]2CCCC[C@@H]2C1)c1ccc2c(c1)OCO2. The van der Waals surface area contributed by atoms with Crippen LogP contribution in [0.5, 0.6) is 11.5 Å². The van der Waals surface area contributed by atoms with Gasteiger partial charge >= 0.3 is 0 Å². The molecule has 0 radical (unpaired) electrons. The van der Waals surface area contributed by atoms with Crippen molar-refractivity contribution in [1.82, 2.24) is 5.43 Å². The van der Waals surface area contributed by atoms with Crippen molar-refractivity contribution < 1.29 is 14.3 Å². The van der Waals surface area contributed by atoms with Gasteiger partial charge in [-0.05, 0) is 55.7 Å². The van der Waals surface area contributed by atoms with E-state index in [0.29, 0.717) is 17.1 Å². The number of rotatable bonds is 2. The fourth-order valence-electron chi connectivity index (χ4n) is 4.02. The largest absolute Gasteiger partial charge is 0.454 e. The average molecular weight is 314 g/mol. The summed E-state index contributed by atoms with van der Waals surface area (Å²) in [6.45, 7) is 0.214. The molecule has 5 heteroatoms. The minimum absolute atomic E-state index is 0.193. The smallest absolute Gasteiger partial charge is 0.271 e. The monoisotopic (exact) mass is 314 g/mol. The van der Waals surface area contributed by atoms with E-state index in [1.807, 2.05) is 0 Å². The summed E-state index contributed by atoms with van der Waals surface area (Å²) >= 11 is 0. The summed E-state index contributed by atoms with van der Waals surface area (Å²) in [7, 11) is 0. The standard InChI is InChI=1S/C18H22N2O3/c21-18(14-6-8-16-17(10-14)23-11-22-16)20-19-15-7-5-12-3-1-2-4-13(12)9-15/h6,8,10,12-13H,1-5,7,9,11H2,(H,20,21)/b19-15+/t12-,13-/m1/s1. The Morgan fingerprint density at radius 2 is 1.91 bits per heavy atom. The second-order valence-electron chi connectivity index (χ2n) is 6.73. The van der Waals surface area contributed by atoms with Crippen LogP contribution in [0.15, 0.2) is 23.3 Å². The molecule has 0 unspecified atom stereocenters. The molecule has 3 aliphatic rings. The number of hydrogen-bond donors (Lipinski definition) is 1. The second-order valence-corrected chi connectivity index (χ2v) is 6.73. The molecule has 5 nitrogen and oxygen atoms in total. The minimum Gasteiger partial charge on any atom is -0.454 e. The van der Waals surface area contributed by atoms with Gasteiger partial charge in [-0.3, -0.25) is 4.79 Å². The molecule has 1 aromatic rings. The Labute approximate surface area is 136 Å². The highest BCUT2D eigenvalue weighted by Gasteiger charge is 2.30. The third-order valence-electron chi connectivity index (χ3n) is 5.32. The predicted octanol–water partition coefficient (Wildman–Crippen LogP) is 3.49. The molecule has 122 valence electrons. The molecule has 2 atom stereocenters. The molecule has 1 aliphatic heterocycles. The van der Waals surface area contributed by atoms with E-state index in [9.17, 15) is 4.79 Å². The molecule has 2 fully saturated rings. The highest BCUT2D eigenvalue weighted by molar-refractivity contribution is 5.96. The summed E-state index contributed by atoms with van der Waals surface area (Å²) in [5.41, 5.74) is 4.40. The Hall–Kier alpha value is -2.04. The Kier molecular flexibility index (Phi) is 3.93. The number of nitrogens with one attached hydrogen (secondary N) is 1. The number of benzene rings is 1. The van der Waals surface area contributed by atoms with E-state index < -0.39 is 0 Å². The van der Waals surface area contributed by atoms with Crippen molar-refractivity contribution in [3.05, 3.63) is 23.8 Å². The van der Waals surface area contributed by atoms with Gasteiger partial charge in [0.25, 0.3) is 5.91 Å². The van der Waals surface area contributed by atoms with E-state index in [1.165, 1.54) is 32.1 Å². The van der Waals surface area contributed by atoms with Gasteiger partial charge < -0.3 is 9.47 Å². The Bertz CT molecular complexity index is 641. The van der Waals surface area contributed by atoms with Crippen LogP contribution in [-0.4, -0.2) is 18.4 Å². The molecular formula is C18H22N2O3. The molecule has 0 spiro atoms. The Morgan fingerprint density at radius 3 is 2.83 bits per heavy atom. The molecule has 0 bridgehead atoms. The maximum atomic E-state index is 12.3. The number of hydrazone groups is 1. The van der Waals surface area contributed by atoms with E-state index in [2.05, 4.69) is 10.5 Å². The van der Waals surface area contributed by atoms with Crippen LogP contribution >= 0.6 is 0 Å². The van der Waals surface area contributed by atoms with Crippen molar-refractivity contribution in [2.75, 3.05) is 6.79 Å². The first-order valence-electron chi connectivity index (χ1n) is 8.55. The molecule has 4 rings (SSSR count). The van der Waals surface area contributed by atoms with E-state index >= 15 is 0 Å². The van der Waals surface area contributed by atoms with Gasteiger partial charge in [-0.15, -0.1) is 0 Å². The second kappa shape index (κ2) is 6.22. The number of carbonyl (C=O) groups is 1. The highest BCUT2D eigenvalue weighted by atomic mass is 16.7. The number of fused-ring (bicyclic) bond motifs is 2. The number of hydrogen-bond acceptors (Lipinski definition) is 4. The first-order chi connectivity index (χ1) is 11.3. The van der Waals surface area contributed by atoms with Crippen LogP contribution in [0.2, 0.25) is 0 Å². The predicted molar refractivity (Wildman–Crippen MR) is 86.8 cm³/mol. The fourth-order valence-corrected chi connectivity index (χ4v) is 4.02. The van der Waals surface area contributed by atoms with Crippen molar-refractivity contribution in [3.8, 4) is 11.5 Å². The summed E-state index contributed by atoms with van der Waals surface area (Å²) < 4.78 is 10.6. The van der Waals surface area contributed by atoms with Crippen LogP contribution < -0.4 is 14.9 Å². The third kappa shape index (κ3) is 3.05. The average Bonchev–Trinajstić information content (AvgIpc) is 3.07. The zero-order valence-corrected chi connectivity index (χ0v) is 13.2. The van der Waals surface area contributed by atoms with Gasteiger partial charge in [-0.2, -0.15) is 5.10 Å². The van der Waals surface area contributed by atoms with Crippen molar-refractivity contribution in [2.45, 2.75) is 44.9 Å². The Balaban J connectivity index is 1.39. The summed E-state index contributed by atoms with van der Waals surface area (Å²) in [4.78, 5) is 12.3. The number of ether oxygens (including phenoxy) is 2. The number of carbonyl (C=O) groups excluding carboxylic acids is 1. The summed E-state index contributed by atoms with van der Waals surface area (Å²) in [5.74, 6) is 2.77. The molecule has 1 amide bonds. The molecule has 0 aromatic heterocycles. The molecule has 1 N–H and O–H groups in total. The fraction of sp³-hybridized carbons (Fsp3) is 0.556. The van der Waals surface area contributed by atoms with Gasteiger partial charge in [0.05, 0.1) is 0 Å². The highest BCUT2D eigenvalue weighted by Crippen LogP contribution is 2.39. The summed E-state index contributed by atoms with van der Waals surface area (Å²) in [6, 6.07) is 5.20. The normalized spacial score (nSPS) is 27.6. The molecule has 2 saturated carbocycles. The van der Waals surface area contributed by atoms with Gasteiger partial charge in [0.1, 0.15) is 0 Å². The molecular weight excluding hydrogens is 292 g/mol. The quantitative estimate of drug-likeness (QED) is 0.850. The lowest BCUT2D eigenvalue weighted by Crippen LogP contribution is -2.29. The van der Waals surface area contributed by atoms with Crippen LogP contribution in [-0.2, 0) is 0 Å². The number of amides is 1. The zero-order valence-electron chi connectivity index (χ0n) is 13.2. The Morgan fingerprint density at radius 1 is 1.09 bits per heavy atom. The van der Waals surface area contributed by atoms with E-state index in [4.69, 9.17) is 9.47 Å².